The predicted molar refractivity (Wildman–Crippen MR) is 24.5 cm³/mol. The zero-order valence-corrected chi connectivity index (χ0v) is 1.56. The Bertz CT molecular complexity index is 17.1. The Hall–Kier alpha value is 1.47. The topological polar surface area (TPSA) is 43.1 Å². The van der Waals surface area contributed by atoms with Gasteiger partial charge in [-0.25, -0.2) is 0 Å². The van der Waals surface area contributed by atoms with Gasteiger partial charge < -0.3 is 5.73 Å². The van der Waals surface area contributed by atoms with Crippen molar-refractivity contribution >= 4 is 65.5 Å². The number of carbonyl (C=O) groups is 1. The Balaban J connectivity index is -0.0000000200. The molecule has 0 aromatic carbocycles. The van der Waals surface area contributed by atoms with Gasteiger partial charge in [0.2, 0.25) is 6.41 Å². The number of rotatable bonds is 0. The van der Waals surface area contributed by atoms with E-state index in [1.807, 2.05) is 0 Å². The van der Waals surface area contributed by atoms with Crippen molar-refractivity contribution in [2.45, 2.75) is 0 Å². The van der Waals surface area contributed by atoms with Crippen LogP contribution in [0.15, 0.2) is 0 Å². The summed E-state index contributed by atoms with van der Waals surface area (Å²) in [4.78, 5) is 8.58. The number of amides is 1. The zero-order valence-electron chi connectivity index (χ0n) is 1.56. The van der Waals surface area contributed by atoms with E-state index in [-0.39, 0.29) is 65.5 Å². The van der Waals surface area contributed by atoms with E-state index in [9.17, 15) is 0 Å². The van der Waals surface area contributed by atoms with Gasteiger partial charge in [0.05, 0.1) is 0 Å². The molecule has 4 heteroatoms. The van der Waals surface area contributed by atoms with Crippen molar-refractivity contribution in [2.24, 2.45) is 5.73 Å². The van der Waals surface area contributed by atoms with Crippen LogP contribution in [0.25, 0.3) is 0 Å². The van der Waals surface area contributed by atoms with Gasteiger partial charge in [0.1, 0.15) is 0 Å². The van der Waals surface area contributed by atoms with E-state index in [1.165, 1.54) is 0 Å². The van der Waals surface area contributed by atoms with Crippen LogP contribution in [0.5, 0.6) is 0 Å². The molecule has 0 aromatic heterocycles. The molecule has 0 rings (SSSR count). The quantitative estimate of drug-likeness (QED) is 0.268. The standard InChI is InChI=1S/CH3NO.2Na.2H/c2-1-3;;;;/h1H,(H2,2,3);;;;. The van der Waals surface area contributed by atoms with E-state index in [0.717, 1.165) is 0 Å². The Labute approximate surface area is 75.1 Å². The maximum absolute atomic E-state index is 8.58. The normalized spacial score (nSPS) is 2.40. The van der Waals surface area contributed by atoms with E-state index in [0.29, 0.717) is 0 Å². The van der Waals surface area contributed by atoms with Crippen molar-refractivity contribution in [3.05, 3.63) is 0 Å². The number of primary amides is 1. The van der Waals surface area contributed by atoms with Crippen LogP contribution < -0.4 is 5.73 Å². The van der Waals surface area contributed by atoms with Crippen molar-refractivity contribution in [1.82, 2.24) is 0 Å². The van der Waals surface area contributed by atoms with Gasteiger partial charge in [0, 0.05) is 0 Å². The first-order valence-corrected chi connectivity index (χ1v) is 0.569. The van der Waals surface area contributed by atoms with Crippen molar-refractivity contribution in [3.8, 4) is 0 Å². The molecule has 0 aliphatic heterocycles. The molecule has 0 unspecified atom stereocenters. The average molecular weight is 93.0 g/mol. The second kappa shape index (κ2) is 17.9. The Morgan fingerprint density at radius 2 is 1.40 bits per heavy atom. The summed E-state index contributed by atoms with van der Waals surface area (Å²) in [6, 6.07) is 0. The summed E-state index contributed by atoms with van der Waals surface area (Å²) in [6.07, 6.45) is 0.250. The molecule has 0 aliphatic rings. The third-order valence-electron chi connectivity index (χ3n) is 0. The van der Waals surface area contributed by atoms with E-state index in [4.69, 9.17) is 4.79 Å². The van der Waals surface area contributed by atoms with E-state index < -0.39 is 0 Å². The molecule has 0 bridgehead atoms. The van der Waals surface area contributed by atoms with Crippen LogP contribution in [0.4, 0.5) is 0 Å². The summed E-state index contributed by atoms with van der Waals surface area (Å²) in [5.74, 6) is 0. The van der Waals surface area contributed by atoms with Gasteiger partial charge in [0.15, 0.2) is 0 Å². The first-order valence-electron chi connectivity index (χ1n) is 0.569. The number of hydrogen-bond acceptors (Lipinski definition) is 1. The molecule has 2 nitrogen and oxygen atoms in total. The molecule has 0 heterocycles. The summed E-state index contributed by atoms with van der Waals surface area (Å²) in [6.45, 7) is 0. The van der Waals surface area contributed by atoms with E-state index >= 15 is 0 Å². The fourth-order valence-electron chi connectivity index (χ4n) is 0. The van der Waals surface area contributed by atoms with Crippen LogP contribution in [0.3, 0.4) is 0 Å². The van der Waals surface area contributed by atoms with Gasteiger partial charge in [-0.2, -0.15) is 0 Å². The third-order valence-corrected chi connectivity index (χ3v) is 0. The first-order chi connectivity index (χ1) is 1.41. The molecule has 0 fully saturated rings. The first kappa shape index (κ1) is 16.1. The second-order valence-electron chi connectivity index (χ2n) is 0.136. The molecule has 0 atom stereocenters. The molecular formula is CH5NNa2O. The molecule has 0 spiro atoms. The van der Waals surface area contributed by atoms with Gasteiger partial charge in [-0.3, -0.25) is 4.79 Å². The SMILES string of the molecule is NC=O.[NaH].[NaH]. The Morgan fingerprint density at radius 3 is 1.40 bits per heavy atom. The molecule has 0 saturated carbocycles. The summed E-state index contributed by atoms with van der Waals surface area (Å²) in [7, 11) is 0. The number of hydrogen-bond donors (Lipinski definition) is 1. The van der Waals surface area contributed by atoms with Gasteiger partial charge in [-0.05, 0) is 0 Å². The number of carbonyl (C=O) groups excluding carboxylic acids is 1. The van der Waals surface area contributed by atoms with Crippen LogP contribution in [0.1, 0.15) is 0 Å². The van der Waals surface area contributed by atoms with Crippen molar-refractivity contribution in [1.29, 1.82) is 0 Å². The minimum atomic E-state index is 0. The summed E-state index contributed by atoms with van der Waals surface area (Å²) in [5.41, 5.74) is 4.17. The van der Waals surface area contributed by atoms with Crippen molar-refractivity contribution in [3.63, 3.8) is 0 Å². The fourth-order valence-corrected chi connectivity index (χ4v) is 0. The van der Waals surface area contributed by atoms with Crippen LogP contribution in [-0.2, 0) is 4.79 Å². The maximum atomic E-state index is 8.58. The number of nitrogens with two attached hydrogens (primary N) is 1. The van der Waals surface area contributed by atoms with E-state index in [2.05, 4.69) is 5.73 Å². The Morgan fingerprint density at radius 1 is 1.40 bits per heavy atom. The van der Waals surface area contributed by atoms with Crippen LogP contribution in [0.2, 0.25) is 0 Å². The summed E-state index contributed by atoms with van der Waals surface area (Å²) < 4.78 is 0. The predicted octanol–water partition coefficient (Wildman–Crippen LogP) is -2.20. The second-order valence-corrected chi connectivity index (χ2v) is 0.136. The van der Waals surface area contributed by atoms with Gasteiger partial charge in [-0.15, -0.1) is 0 Å². The molecule has 0 radical (unpaired) electrons. The molecule has 0 aliphatic carbocycles. The average Bonchev–Trinajstić information content (AvgIpc) is 0.918. The summed E-state index contributed by atoms with van der Waals surface area (Å²) >= 11 is 0. The molecule has 5 heavy (non-hydrogen) atoms. The monoisotopic (exact) mass is 93.0 g/mol. The van der Waals surface area contributed by atoms with E-state index in [1.54, 1.807) is 0 Å². The Kier molecular flexibility index (Phi) is 57.6. The fraction of sp³-hybridized carbons (Fsp3) is 0. The zero-order chi connectivity index (χ0) is 2.71. The molecule has 1 amide bonds. The minimum absolute atomic E-state index is 0. The van der Waals surface area contributed by atoms with Crippen LogP contribution >= 0.6 is 0 Å². The van der Waals surface area contributed by atoms with Crippen molar-refractivity contribution < 1.29 is 4.79 Å². The van der Waals surface area contributed by atoms with Crippen LogP contribution in [0, 0.1) is 0 Å². The third kappa shape index (κ3) is 30.5. The molecule has 22 valence electrons. The molecule has 0 saturated heterocycles. The summed E-state index contributed by atoms with van der Waals surface area (Å²) in [5, 5.41) is 0. The van der Waals surface area contributed by atoms with Gasteiger partial charge >= 0.3 is 59.1 Å². The molecule has 2 N–H and O–H groups in total. The van der Waals surface area contributed by atoms with Crippen LogP contribution in [-0.4, -0.2) is 65.5 Å². The molecule has 0 aromatic rings. The van der Waals surface area contributed by atoms with Gasteiger partial charge in [0.25, 0.3) is 0 Å². The van der Waals surface area contributed by atoms with Gasteiger partial charge in [-0.1, -0.05) is 0 Å². The molecular weight excluding hydrogens is 88.0 g/mol. The van der Waals surface area contributed by atoms with Crippen molar-refractivity contribution in [2.75, 3.05) is 0 Å².